The van der Waals surface area contributed by atoms with E-state index in [0.717, 1.165) is 29.2 Å². The minimum absolute atomic E-state index is 0.418. The number of ether oxygens (including phenoxy) is 2. The maximum Gasteiger partial charge on any atom is 0.336 e. The molecule has 1 aliphatic heterocycles. The fraction of sp³-hybridized carbons (Fsp3) is 0.200. The Hall–Kier alpha value is -2.50. The van der Waals surface area contributed by atoms with Crippen molar-refractivity contribution in [3.63, 3.8) is 0 Å². The highest BCUT2D eigenvalue weighted by Gasteiger charge is 2.15. The van der Waals surface area contributed by atoms with Crippen LogP contribution in [-0.2, 0) is 9.53 Å². The molecule has 1 saturated heterocycles. The lowest BCUT2D eigenvalue weighted by Gasteiger charge is -2.29. The molecule has 0 N–H and O–H groups in total. The molecule has 2 aromatic carbocycles. The van der Waals surface area contributed by atoms with E-state index in [2.05, 4.69) is 4.90 Å². The number of benzene rings is 2. The van der Waals surface area contributed by atoms with Gasteiger partial charge in [0.05, 0.1) is 13.2 Å². The van der Waals surface area contributed by atoms with E-state index in [1.807, 2.05) is 42.5 Å². The van der Waals surface area contributed by atoms with Crippen molar-refractivity contribution < 1.29 is 14.3 Å². The van der Waals surface area contributed by atoms with Crippen LogP contribution in [0.4, 0.5) is 0 Å². The van der Waals surface area contributed by atoms with Gasteiger partial charge in [-0.25, -0.2) is 4.79 Å². The topological polar surface area (TPSA) is 38.8 Å². The van der Waals surface area contributed by atoms with Crippen molar-refractivity contribution in [3.05, 3.63) is 71.8 Å². The zero-order valence-electron chi connectivity index (χ0n) is 13.8. The van der Waals surface area contributed by atoms with Crippen LogP contribution >= 0.6 is 12.2 Å². The van der Waals surface area contributed by atoms with Crippen LogP contribution in [-0.4, -0.2) is 42.2 Å². The second-order valence-corrected chi connectivity index (χ2v) is 5.98. The SMILES string of the molecule is O=C(/C=C/c1ccccc1)Oc1cccc(C(=S)N2CCOCC2)c1. The van der Waals surface area contributed by atoms with Gasteiger partial charge in [0.2, 0.25) is 0 Å². The molecule has 128 valence electrons. The first-order valence-corrected chi connectivity index (χ1v) is 8.55. The number of nitrogens with zero attached hydrogens (tertiary/aromatic N) is 1. The van der Waals surface area contributed by atoms with Gasteiger partial charge in [-0.15, -0.1) is 0 Å². The van der Waals surface area contributed by atoms with Crippen molar-refractivity contribution in [3.8, 4) is 5.75 Å². The van der Waals surface area contributed by atoms with Crippen molar-refractivity contribution in [2.24, 2.45) is 0 Å². The van der Waals surface area contributed by atoms with Gasteiger partial charge in [-0.3, -0.25) is 0 Å². The number of hydrogen-bond donors (Lipinski definition) is 0. The van der Waals surface area contributed by atoms with Gasteiger partial charge in [0.1, 0.15) is 10.7 Å². The molecule has 0 spiro atoms. The van der Waals surface area contributed by atoms with E-state index in [9.17, 15) is 4.79 Å². The van der Waals surface area contributed by atoms with Gasteiger partial charge in [-0.2, -0.15) is 0 Å². The lowest BCUT2D eigenvalue weighted by molar-refractivity contribution is -0.128. The highest BCUT2D eigenvalue weighted by atomic mass is 32.1. The summed E-state index contributed by atoms with van der Waals surface area (Å²) in [5, 5.41) is 0. The molecule has 1 heterocycles. The summed E-state index contributed by atoms with van der Waals surface area (Å²) in [6, 6.07) is 16.9. The van der Waals surface area contributed by atoms with E-state index in [-0.39, 0.29) is 0 Å². The summed E-state index contributed by atoms with van der Waals surface area (Å²) in [7, 11) is 0. The van der Waals surface area contributed by atoms with Crippen molar-refractivity contribution in [2.75, 3.05) is 26.3 Å². The molecule has 5 heteroatoms. The van der Waals surface area contributed by atoms with Gasteiger partial charge in [0, 0.05) is 24.7 Å². The van der Waals surface area contributed by atoms with Crippen LogP contribution in [0.2, 0.25) is 0 Å². The van der Waals surface area contributed by atoms with Gasteiger partial charge in [-0.05, 0) is 23.8 Å². The average molecular weight is 353 g/mol. The van der Waals surface area contributed by atoms with E-state index in [4.69, 9.17) is 21.7 Å². The summed E-state index contributed by atoms with van der Waals surface area (Å²) in [4.78, 5) is 14.9. The summed E-state index contributed by atoms with van der Waals surface area (Å²) in [5.41, 5.74) is 1.82. The molecule has 0 amide bonds. The highest BCUT2D eigenvalue weighted by Crippen LogP contribution is 2.17. The zero-order chi connectivity index (χ0) is 17.5. The van der Waals surface area contributed by atoms with Crippen LogP contribution in [0, 0.1) is 0 Å². The predicted octanol–water partition coefficient (Wildman–Crippen LogP) is 3.31. The molecule has 0 saturated carbocycles. The molecule has 0 unspecified atom stereocenters. The second-order valence-electron chi connectivity index (χ2n) is 5.60. The monoisotopic (exact) mass is 353 g/mol. The van der Waals surface area contributed by atoms with Crippen molar-refractivity contribution >= 4 is 29.3 Å². The minimum Gasteiger partial charge on any atom is -0.423 e. The first-order chi connectivity index (χ1) is 12.2. The standard InChI is InChI=1S/C20H19NO3S/c22-19(10-9-16-5-2-1-3-6-16)24-18-8-4-7-17(15-18)20(25)21-11-13-23-14-12-21/h1-10,15H,11-14H2/b10-9+. The molecular formula is C20H19NO3S. The van der Waals surface area contributed by atoms with E-state index in [1.54, 1.807) is 18.2 Å². The third kappa shape index (κ3) is 4.98. The van der Waals surface area contributed by atoms with Gasteiger partial charge in [-0.1, -0.05) is 54.7 Å². The predicted molar refractivity (Wildman–Crippen MR) is 102 cm³/mol. The van der Waals surface area contributed by atoms with E-state index < -0.39 is 5.97 Å². The maximum atomic E-state index is 12.0. The fourth-order valence-electron chi connectivity index (χ4n) is 2.52. The molecule has 2 aromatic rings. The van der Waals surface area contributed by atoms with Crippen LogP contribution < -0.4 is 4.74 Å². The number of esters is 1. The number of rotatable bonds is 4. The van der Waals surface area contributed by atoms with Crippen LogP contribution in [0.25, 0.3) is 6.08 Å². The largest absolute Gasteiger partial charge is 0.423 e. The smallest absolute Gasteiger partial charge is 0.336 e. The number of hydrogen-bond acceptors (Lipinski definition) is 4. The molecule has 0 aliphatic carbocycles. The van der Waals surface area contributed by atoms with E-state index in [0.29, 0.717) is 19.0 Å². The molecule has 0 aromatic heterocycles. The quantitative estimate of drug-likeness (QED) is 0.365. The summed E-state index contributed by atoms with van der Waals surface area (Å²) >= 11 is 5.54. The first kappa shape index (κ1) is 17.3. The zero-order valence-corrected chi connectivity index (χ0v) is 14.6. The molecule has 0 bridgehead atoms. The molecule has 1 aliphatic rings. The number of thiocarbonyl (C=S) groups is 1. The van der Waals surface area contributed by atoms with Crippen LogP contribution in [0.1, 0.15) is 11.1 Å². The Kier molecular flexibility index (Phi) is 5.93. The lowest BCUT2D eigenvalue weighted by atomic mass is 10.2. The van der Waals surface area contributed by atoms with Crippen molar-refractivity contribution in [2.45, 2.75) is 0 Å². The Balaban J connectivity index is 1.64. The third-order valence-electron chi connectivity index (χ3n) is 3.81. The molecule has 4 nitrogen and oxygen atoms in total. The Labute approximate surface area is 152 Å². The fourth-order valence-corrected chi connectivity index (χ4v) is 2.83. The van der Waals surface area contributed by atoms with Gasteiger partial charge in [0.15, 0.2) is 0 Å². The molecular weight excluding hydrogens is 334 g/mol. The van der Waals surface area contributed by atoms with Crippen LogP contribution in [0.5, 0.6) is 5.75 Å². The Morgan fingerprint density at radius 1 is 1.08 bits per heavy atom. The Bertz CT molecular complexity index is 768. The first-order valence-electron chi connectivity index (χ1n) is 8.14. The summed E-state index contributed by atoms with van der Waals surface area (Å²) in [6.07, 6.45) is 3.15. The van der Waals surface area contributed by atoms with E-state index in [1.165, 1.54) is 6.08 Å². The summed E-state index contributed by atoms with van der Waals surface area (Å²) < 4.78 is 10.7. The third-order valence-corrected chi connectivity index (χ3v) is 4.30. The van der Waals surface area contributed by atoms with Crippen LogP contribution in [0.15, 0.2) is 60.7 Å². The molecule has 0 atom stereocenters. The van der Waals surface area contributed by atoms with Gasteiger partial charge >= 0.3 is 5.97 Å². The second kappa shape index (κ2) is 8.55. The summed E-state index contributed by atoms with van der Waals surface area (Å²) in [5.74, 6) is 0.0640. The Morgan fingerprint density at radius 2 is 1.84 bits per heavy atom. The molecule has 1 fully saturated rings. The Morgan fingerprint density at radius 3 is 2.60 bits per heavy atom. The van der Waals surface area contributed by atoms with Gasteiger partial charge < -0.3 is 14.4 Å². The minimum atomic E-state index is -0.418. The molecule has 0 radical (unpaired) electrons. The number of morpholine rings is 1. The van der Waals surface area contributed by atoms with Gasteiger partial charge in [0.25, 0.3) is 0 Å². The van der Waals surface area contributed by atoms with Crippen molar-refractivity contribution in [1.82, 2.24) is 4.90 Å². The lowest BCUT2D eigenvalue weighted by Crippen LogP contribution is -2.40. The highest BCUT2D eigenvalue weighted by molar-refractivity contribution is 7.80. The molecule has 3 rings (SSSR count). The summed E-state index contributed by atoms with van der Waals surface area (Å²) in [6.45, 7) is 2.92. The normalized spacial score (nSPS) is 14.5. The van der Waals surface area contributed by atoms with Crippen LogP contribution in [0.3, 0.4) is 0 Å². The van der Waals surface area contributed by atoms with E-state index >= 15 is 0 Å². The number of carbonyl (C=O) groups excluding carboxylic acids is 1. The maximum absolute atomic E-state index is 12.0. The van der Waals surface area contributed by atoms with Crippen molar-refractivity contribution in [1.29, 1.82) is 0 Å². The molecule has 25 heavy (non-hydrogen) atoms. The average Bonchev–Trinajstić information content (AvgIpc) is 2.67. The number of carbonyl (C=O) groups is 1.